The van der Waals surface area contributed by atoms with Gasteiger partial charge in [-0.2, -0.15) is 13.2 Å². The van der Waals surface area contributed by atoms with Crippen LogP contribution in [0, 0.1) is 29.3 Å². The van der Waals surface area contributed by atoms with E-state index in [2.05, 4.69) is 0 Å². The summed E-state index contributed by atoms with van der Waals surface area (Å²) < 4.78 is 84.5. The average molecular weight is 321 g/mol. The normalized spacial score (nSPS) is 10.4. The zero-order chi connectivity index (χ0) is 11.1. The topological polar surface area (TPSA) is 0 Å². The Labute approximate surface area is 112 Å². The predicted octanol–water partition coefficient (Wildman–Crippen LogP) is -0.315. The number of hydrogen-bond donors (Lipinski definition) is 0. The molecule has 0 unspecified atom stereocenters. The van der Waals surface area contributed by atoms with Crippen LogP contribution in [-0.4, -0.2) is 23.1 Å². The summed E-state index contributed by atoms with van der Waals surface area (Å²) in [6.45, 7) is 0. The molecule has 16 heavy (non-hydrogen) atoms. The van der Waals surface area contributed by atoms with Crippen molar-refractivity contribution in [3.05, 3.63) is 34.9 Å². The Morgan fingerprint density at radius 3 is 1.62 bits per heavy atom. The quantitative estimate of drug-likeness (QED) is 0.202. The van der Waals surface area contributed by atoms with Gasteiger partial charge in [0.25, 0.3) is 0 Å². The molecule has 0 saturated heterocycles. The molecule has 1 aromatic rings. The average Bonchev–Trinajstić information content (AvgIpc) is 2.06. The first-order valence-electron chi connectivity index (χ1n) is 3.07. The predicted molar refractivity (Wildman–Crippen MR) is 35.9 cm³/mol. The van der Waals surface area contributed by atoms with E-state index in [1.54, 1.807) is 0 Å². The van der Waals surface area contributed by atoms with Gasteiger partial charge in [0.2, 0.25) is 0 Å². The fourth-order valence-corrected chi connectivity index (χ4v) is 0.717. The summed E-state index contributed by atoms with van der Waals surface area (Å²) in [5.41, 5.74) is -2.30. The van der Waals surface area contributed by atoms with E-state index < -0.39 is 35.0 Å². The van der Waals surface area contributed by atoms with Crippen molar-refractivity contribution in [1.29, 1.82) is 0 Å². The van der Waals surface area contributed by atoms with E-state index in [0.29, 0.717) is 0 Å². The van der Waals surface area contributed by atoms with Gasteiger partial charge in [0.05, 0.1) is 17.5 Å². The smallest absolute Gasteiger partial charge is 1.00 e. The molecule has 0 fully saturated rings. The zero-order valence-electron chi connectivity index (χ0n) is 7.23. The second kappa shape index (κ2) is 6.06. The first kappa shape index (κ1) is 18.3. The molecule has 1 aromatic carbocycles. The molecule has 9 heteroatoms. The van der Waals surface area contributed by atoms with Crippen molar-refractivity contribution in [3.63, 3.8) is 0 Å². The zero-order valence-corrected chi connectivity index (χ0v) is 10.2. The number of halogens is 8. The molecular weight excluding hydrogens is 321 g/mol. The Kier molecular flexibility index (Phi) is 6.94. The third kappa shape index (κ3) is 3.49. The van der Waals surface area contributed by atoms with Gasteiger partial charge in [-0.3, -0.25) is 8.78 Å². The Morgan fingerprint density at radius 2 is 1.25 bits per heavy atom. The Balaban J connectivity index is 0. The van der Waals surface area contributed by atoms with Crippen molar-refractivity contribution in [2.24, 2.45) is 0 Å². The third-order valence-corrected chi connectivity index (χ3v) is 1.32. The summed E-state index contributed by atoms with van der Waals surface area (Å²) in [5, 5.41) is 0. The monoisotopic (exact) mass is 320 g/mol. The molecule has 1 rings (SSSR count). The van der Waals surface area contributed by atoms with Gasteiger partial charge in [-0.1, -0.05) is 0 Å². The molecule has 0 spiro atoms. The fourth-order valence-electron chi connectivity index (χ4n) is 0.717. The van der Waals surface area contributed by atoms with Gasteiger partial charge in [0.15, 0.2) is 0 Å². The second-order valence-electron chi connectivity index (χ2n) is 2.25. The number of hydrogen-bond acceptors (Lipinski definition) is 0. The van der Waals surface area contributed by atoms with Crippen LogP contribution in [0.2, 0.25) is 0 Å². The van der Waals surface area contributed by atoms with Crippen LogP contribution >= 0.6 is 0 Å². The van der Waals surface area contributed by atoms with E-state index in [0.717, 1.165) is 6.07 Å². The molecule has 86 valence electrons. The minimum absolute atomic E-state index is 0. The van der Waals surface area contributed by atoms with E-state index in [1.165, 1.54) is 0 Å². The summed E-state index contributed by atoms with van der Waals surface area (Å²) in [7, 11) is 0. The maximum absolute atomic E-state index is 12.4. The molecule has 0 saturated carbocycles. The molecule has 0 heterocycles. The van der Waals surface area contributed by atoms with E-state index >= 15 is 0 Å². The number of benzene rings is 1. The molecule has 0 bridgehead atoms. The van der Waals surface area contributed by atoms with Gasteiger partial charge in [0.1, 0.15) is 0 Å². The molecule has 0 aromatic heterocycles. The van der Waals surface area contributed by atoms with Crippen LogP contribution < -0.4 is 17.0 Å². The molecule has 0 atom stereocenters. The molecule has 0 radical (unpaired) electrons. The maximum Gasteiger partial charge on any atom is 2.00 e. The summed E-state index contributed by atoms with van der Waals surface area (Å²) in [5.74, 6) is -9.54. The summed E-state index contributed by atoms with van der Waals surface area (Å²) >= 11 is 0. The fraction of sp³-hybridized carbons (Fsp3) is 0.143. The van der Waals surface area contributed by atoms with E-state index in [9.17, 15) is 30.7 Å². The van der Waals surface area contributed by atoms with Crippen LogP contribution in [0.15, 0.2) is 0 Å². The Hall–Kier alpha value is -0.0238. The van der Waals surface area contributed by atoms with Gasteiger partial charge in [-0.25, -0.2) is 8.78 Å². The van der Waals surface area contributed by atoms with Gasteiger partial charge >= 0.3 is 29.2 Å². The maximum atomic E-state index is 12.4. The van der Waals surface area contributed by atoms with Crippen LogP contribution in [0.5, 0.6) is 0 Å². The van der Waals surface area contributed by atoms with E-state index in [1.807, 2.05) is 0 Å². The van der Waals surface area contributed by atoms with Crippen LogP contribution in [0.3, 0.4) is 0 Å². The first-order chi connectivity index (χ1) is 6.25. The minimum Gasteiger partial charge on any atom is -1.00 e. The van der Waals surface area contributed by atoms with Gasteiger partial charge in [0, 0.05) is 5.82 Å². The summed E-state index contributed by atoms with van der Waals surface area (Å²) in [6.07, 6.45) is -5.32. The largest absolute Gasteiger partial charge is 2.00 e. The first-order valence-corrected chi connectivity index (χ1v) is 3.07. The van der Waals surface area contributed by atoms with Crippen LogP contribution in [0.25, 0.3) is 0 Å². The summed E-state index contributed by atoms with van der Waals surface area (Å²) in [4.78, 5) is 0. The molecule has 0 aliphatic heterocycles. The van der Waals surface area contributed by atoms with Crippen molar-refractivity contribution in [2.75, 3.05) is 0 Å². The second-order valence-corrected chi connectivity index (χ2v) is 2.25. The van der Waals surface area contributed by atoms with Gasteiger partial charge in [-0.05, 0) is 5.56 Å². The van der Waals surface area contributed by atoms with Gasteiger partial charge in [-0.15, -0.1) is 6.07 Å². The van der Waals surface area contributed by atoms with Crippen molar-refractivity contribution in [3.8, 4) is 0 Å². The standard InChI is InChI=1S/C7F7.BrH.Mg/c8-3-1-2(7(12,13)14)4(9)6(11)5(3)10;;/h;1H;/q-1;;+2/p-1. The van der Waals surface area contributed by atoms with Crippen molar-refractivity contribution >= 4 is 23.1 Å². The van der Waals surface area contributed by atoms with E-state index in [-0.39, 0.29) is 40.0 Å². The molecular formula is C7BrF7Mg. The SMILES string of the molecule is Fc1[c-]c(C(F)(F)F)c(F)c(F)c1F.[Br-].[Mg+2]. The van der Waals surface area contributed by atoms with Crippen molar-refractivity contribution < 1.29 is 47.7 Å². The summed E-state index contributed by atoms with van der Waals surface area (Å²) in [6, 6.07) is 0.743. The molecule has 0 aliphatic rings. The van der Waals surface area contributed by atoms with Crippen LogP contribution in [0.1, 0.15) is 5.56 Å². The molecule has 0 amide bonds. The van der Waals surface area contributed by atoms with E-state index in [4.69, 9.17) is 0 Å². The minimum atomic E-state index is -5.32. The Morgan fingerprint density at radius 1 is 0.812 bits per heavy atom. The third-order valence-electron chi connectivity index (χ3n) is 1.32. The van der Waals surface area contributed by atoms with Crippen molar-refractivity contribution in [1.82, 2.24) is 0 Å². The molecule has 0 aliphatic carbocycles. The number of rotatable bonds is 0. The Bertz CT molecular complexity index is 376. The van der Waals surface area contributed by atoms with Crippen LogP contribution in [0.4, 0.5) is 30.7 Å². The molecule has 0 N–H and O–H groups in total. The molecule has 0 nitrogen and oxygen atoms in total. The van der Waals surface area contributed by atoms with Crippen molar-refractivity contribution in [2.45, 2.75) is 6.18 Å². The number of alkyl halides is 3. The van der Waals surface area contributed by atoms with Crippen LogP contribution in [-0.2, 0) is 6.18 Å². The van der Waals surface area contributed by atoms with Gasteiger partial charge < -0.3 is 17.0 Å².